The first-order chi connectivity index (χ1) is 27.2. The molecule has 2 nitrogen and oxygen atoms in total. The van der Waals surface area contributed by atoms with Gasteiger partial charge in [-0.25, -0.2) is 0 Å². The standard InChI is InChI=1S/C52H33NOS/c1-2-11-34(12-3-1)40-30-41(39-25-28-45-44-15-6-8-19-49(44)54-50(45)33-39)32-43(31-40)53(48-18-10-17-47-46-16-7-9-20-51(46)55-52(47)48)42-26-23-36(24-27-42)38-22-21-35-13-4-5-14-37(35)29-38/h1-33H. The van der Waals surface area contributed by atoms with Crippen LogP contribution in [0.3, 0.4) is 0 Å². The Balaban J connectivity index is 1.13. The van der Waals surface area contributed by atoms with E-state index in [1.54, 1.807) is 0 Å². The third kappa shape index (κ3) is 5.48. The molecule has 0 bridgehead atoms. The first kappa shape index (κ1) is 31.6. The van der Waals surface area contributed by atoms with E-state index in [4.69, 9.17) is 4.42 Å². The van der Waals surface area contributed by atoms with Gasteiger partial charge in [0, 0.05) is 37.6 Å². The Labute approximate surface area is 322 Å². The summed E-state index contributed by atoms with van der Waals surface area (Å²) in [7, 11) is 0. The summed E-state index contributed by atoms with van der Waals surface area (Å²) >= 11 is 1.86. The maximum atomic E-state index is 6.39. The van der Waals surface area contributed by atoms with Crippen LogP contribution in [0.2, 0.25) is 0 Å². The summed E-state index contributed by atoms with van der Waals surface area (Å²) in [5.74, 6) is 0. The Morgan fingerprint density at radius 1 is 0.345 bits per heavy atom. The highest BCUT2D eigenvalue weighted by Crippen LogP contribution is 2.47. The molecule has 0 aliphatic heterocycles. The Morgan fingerprint density at radius 3 is 1.85 bits per heavy atom. The predicted molar refractivity (Wildman–Crippen MR) is 235 cm³/mol. The van der Waals surface area contributed by atoms with Crippen molar-refractivity contribution in [2.24, 2.45) is 0 Å². The highest BCUT2D eigenvalue weighted by Gasteiger charge is 2.20. The van der Waals surface area contributed by atoms with E-state index >= 15 is 0 Å². The Bertz CT molecular complexity index is 3210. The molecule has 0 aliphatic carbocycles. The normalized spacial score (nSPS) is 11.6. The van der Waals surface area contributed by atoms with Gasteiger partial charge in [0.2, 0.25) is 0 Å². The molecular formula is C52H33NOS. The molecule has 3 heteroatoms. The zero-order chi connectivity index (χ0) is 36.3. The number of rotatable bonds is 6. The van der Waals surface area contributed by atoms with E-state index < -0.39 is 0 Å². The van der Waals surface area contributed by atoms with Crippen molar-refractivity contribution in [1.82, 2.24) is 0 Å². The van der Waals surface area contributed by atoms with Crippen LogP contribution >= 0.6 is 11.3 Å². The molecule has 0 unspecified atom stereocenters. The van der Waals surface area contributed by atoms with Crippen LogP contribution < -0.4 is 4.90 Å². The van der Waals surface area contributed by atoms with E-state index in [0.29, 0.717) is 0 Å². The molecule has 0 aliphatic rings. The Hall–Kier alpha value is -6.94. The first-order valence-corrected chi connectivity index (χ1v) is 19.5. The lowest BCUT2D eigenvalue weighted by Gasteiger charge is -2.27. The summed E-state index contributed by atoms with van der Waals surface area (Å²) in [6.45, 7) is 0. The highest BCUT2D eigenvalue weighted by atomic mass is 32.1. The van der Waals surface area contributed by atoms with Gasteiger partial charge >= 0.3 is 0 Å². The van der Waals surface area contributed by atoms with E-state index in [9.17, 15) is 0 Å². The van der Waals surface area contributed by atoms with Gasteiger partial charge in [0.25, 0.3) is 0 Å². The largest absolute Gasteiger partial charge is 0.456 e. The number of hydrogen-bond acceptors (Lipinski definition) is 3. The minimum Gasteiger partial charge on any atom is -0.456 e. The van der Waals surface area contributed by atoms with Crippen molar-refractivity contribution in [1.29, 1.82) is 0 Å². The minimum absolute atomic E-state index is 0.890. The summed E-state index contributed by atoms with van der Waals surface area (Å²) < 4.78 is 8.93. The monoisotopic (exact) mass is 719 g/mol. The van der Waals surface area contributed by atoms with Crippen LogP contribution in [0.5, 0.6) is 0 Å². The van der Waals surface area contributed by atoms with E-state index in [1.165, 1.54) is 47.6 Å². The SMILES string of the molecule is c1ccc(-c2cc(-c3ccc4c(c3)oc3ccccc34)cc(N(c3ccc(-c4ccc5ccccc5c4)cc3)c3cccc4c3sc3ccccc34)c2)cc1. The number of benzene rings is 9. The molecular weight excluding hydrogens is 687 g/mol. The molecule has 0 spiro atoms. The van der Waals surface area contributed by atoms with Crippen LogP contribution in [-0.2, 0) is 0 Å². The fourth-order valence-electron chi connectivity index (χ4n) is 8.12. The Morgan fingerprint density at radius 2 is 0.982 bits per heavy atom. The molecule has 0 atom stereocenters. The topological polar surface area (TPSA) is 16.4 Å². The van der Waals surface area contributed by atoms with E-state index in [1.807, 2.05) is 23.5 Å². The summed E-state index contributed by atoms with van der Waals surface area (Å²) in [4.78, 5) is 2.44. The zero-order valence-corrected chi connectivity index (χ0v) is 30.6. The lowest BCUT2D eigenvalue weighted by atomic mass is 9.96. The molecule has 2 aromatic heterocycles. The van der Waals surface area contributed by atoms with E-state index in [0.717, 1.165) is 55.7 Å². The second-order valence-electron chi connectivity index (χ2n) is 14.1. The quantitative estimate of drug-likeness (QED) is 0.170. The van der Waals surface area contributed by atoms with Crippen molar-refractivity contribution in [2.45, 2.75) is 0 Å². The van der Waals surface area contributed by atoms with Gasteiger partial charge in [-0.3, -0.25) is 0 Å². The van der Waals surface area contributed by atoms with Crippen LogP contribution in [0.1, 0.15) is 0 Å². The molecule has 258 valence electrons. The zero-order valence-electron chi connectivity index (χ0n) is 29.8. The molecule has 0 N–H and O–H groups in total. The number of hydrogen-bond donors (Lipinski definition) is 0. The molecule has 0 fully saturated rings. The summed E-state index contributed by atoms with van der Waals surface area (Å²) in [6, 6.07) is 72.4. The molecule has 11 rings (SSSR count). The van der Waals surface area contributed by atoms with Crippen molar-refractivity contribution < 1.29 is 4.42 Å². The van der Waals surface area contributed by atoms with Gasteiger partial charge in [0.15, 0.2) is 0 Å². The van der Waals surface area contributed by atoms with Crippen molar-refractivity contribution in [3.63, 3.8) is 0 Å². The number of fused-ring (bicyclic) bond motifs is 7. The number of anilines is 3. The van der Waals surface area contributed by atoms with Crippen molar-refractivity contribution in [2.75, 3.05) is 4.90 Å². The predicted octanol–water partition coefficient (Wildman–Crippen LogP) is 15.6. The van der Waals surface area contributed by atoms with Crippen molar-refractivity contribution in [3.8, 4) is 33.4 Å². The Kier molecular flexibility index (Phi) is 7.39. The average molecular weight is 720 g/mol. The summed E-state index contributed by atoms with van der Waals surface area (Å²) in [5.41, 5.74) is 12.1. The molecule has 0 radical (unpaired) electrons. The lowest BCUT2D eigenvalue weighted by Crippen LogP contribution is -2.10. The third-order valence-corrected chi connectivity index (χ3v) is 12.0. The van der Waals surface area contributed by atoms with Crippen LogP contribution in [0, 0.1) is 0 Å². The van der Waals surface area contributed by atoms with E-state index in [2.05, 4.69) is 193 Å². The second-order valence-corrected chi connectivity index (χ2v) is 15.2. The minimum atomic E-state index is 0.890. The van der Waals surface area contributed by atoms with Crippen LogP contribution in [-0.4, -0.2) is 0 Å². The molecule has 55 heavy (non-hydrogen) atoms. The van der Waals surface area contributed by atoms with Crippen molar-refractivity contribution >= 4 is 81.3 Å². The molecule has 0 amide bonds. The van der Waals surface area contributed by atoms with Crippen molar-refractivity contribution in [3.05, 3.63) is 200 Å². The third-order valence-electron chi connectivity index (χ3n) is 10.8. The second kappa shape index (κ2) is 12.9. The first-order valence-electron chi connectivity index (χ1n) is 18.7. The van der Waals surface area contributed by atoms with Gasteiger partial charge in [-0.2, -0.15) is 0 Å². The number of thiophene rings is 1. The van der Waals surface area contributed by atoms with Gasteiger partial charge < -0.3 is 9.32 Å². The smallest absolute Gasteiger partial charge is 0.136 e. The molecule has 11 aromatic rings. The molecule has 0 saturated heterocycles. The van der Waals surface area contributed by atoms with Gasteiger partial charge in [-0.05, 0) is 111 Å². The van der Waals surface area contributed by atoms with Gasteiger partial charge in [-0.1, -0.05) is 133 Å². The maximum absolute atomic E-state index is 6.39. The van der Waals surface area contributed by atoms with Gasteiger partial charge in [0.05, 0.1) is 10.4 Å². The number of furan rings is 1. The van der Waals surface area contributed by atoms with Crippen LogP contribution in [0.4, 0.5) is 17.1 Å². The fourth-order valence-corrected chi connectivity index (χ4v) is 9.32. The average Bonchev–Trinajstić information content (AvgIpc) is 3.83. The van der Waals surface area contributed by atoms with Crippen LogP contribution in [0.25, 0.3) is 86.3 Å². The molecule has 2 heterocycles. The number of nitrogens with zero attached hydrogens (tertiary/aromatic N) is 1. The fraction of sp³-hybridized carbons (Fsp3) is 0. The summed E-state index contributed by atoms with van der Waals surface area (Å²) in [5, 5.41) is 7.31. The van der Waals surface area contributed by atoms with E-state index in [-0.39, 0.29) is 0 Å². The van der Waals surface area contributed by atoms with Crippen LogP contribution in [0.15, 0.2) is 205 Å². The highest BCUT2D eigenvalue weighted by molar-refractivity contribution is 7.26. The van der Waals surface area contributed by atoms with Gasteiger partial charge in [-0.15, -0.1) is 11.3 Å². The lowest BCUT2D eigenvalue weighted by molar-refractivity contribution is 0.669. The number of para-hydroxylation sites is 1. The summed E-state index contributed by atoms with van der Waals surface area (Å²) in [6.07, 6.45) is 0. The maximum Gasteiger partial charge on any atom is 0.136 e. The molecule has 0 saturated carbocycles. The molecule has 9 aromatic carbocycles. The van der Waals surface area contributed by atoms with Gasteiger partial charge in [0.1, 0.15) is 11.2 Å².